The predicted molar refractivity (Wildman–Crippen MR) is 105 cm³/mol. The Kier molecular flexibility index (Phi) is 5.73. The van der Waals surface area contributed by atoms with Gasteiger partial charge in [-0.3, -0.25) is 19.2 Å². The molecule has 1 aromatic carbocycles. The van der Waals surface area contributed by atoms with Crippen LogP contribution >= 0.6 is 0 Å². The van der Waals surface area contributed by atoms with Gasteiger partial charge in [0.15, 0.2) is 0 Å². The summed E-state index contributed by atoms with van der Waals surface area (Å²) in [6.45, 7) is 3.22. The highest BCUT2D eigenvalue weighted by Crippen LogP contribution is 2.29. The van der Waals surface area contributed by atoms with Crippen molar-refractivity contribution < 1.29 is 14.4 Å². The van der Waals surface area contributed by atoms with E-state index in [-0.39, 0.29) is 24.1 Å². The molecule has 7 heteroatoms. The van der Waals surface area contributed by atoms with E-state index >= 15 is 0 Å². The molecule has 1 aromatic heterocycles. The Morgan fingerprint density at radius 3 is 2.64 bits per heavy atom. The maximum atomic E-state index is 12.7. The van der Waals surface area contributed by atoms with Crippen molar-refractivity contribution in [2.75, 3.05) is 5.32 Å². The molecule has 0 bridgehead atoms. The number of aromatic nitrogens is 1. The topological polar surface area (TPSA) is 97.3 Å². The molecule has 0 radical (unpaired) electrons. The van der Waals surface area contributed by atoms with Crippen molar-refractivity contribution in [2.24, 2.45) is 0 Å². The van der Waals surface area contributed by atoms with Gasteiger partial charge in [0.25, 0.3) is 5.56 Å². The van der Waals surface area contributed by atoms with Crippen molar-refractivity contribution in [3.05, 3.63) is 63.6 Å². The molecule has 0 aliphatic heterocycles. The van der Waals surface area contributed by atoms with Crippen LogP contribution in [0.5, 0.6) is 0 Å². The highest BCUT2D eigenvalue weighted by atomic mass is 16.2. The zero-order valence-electron chi connectivity index (χ0n) is 16.0. The molecule has 2 aromatic rings. The Labute approximate surface area is 162 Å². The van der Waals surface area contributed by atoms with Gasteiger partial charge in [0.05, 0.1) is 6.04 Å². The van der Waals surface area contributed by atoms with Crippen LogP contribution in [-0.4, -0.2) is 22.3 Å². The van der Waals surface area contributed by atoms with E-state index in [4.69, 9.17) is 0 Å². The monoisotopic (exact) mass is 381 g/mol. The lowest BCUT2D eigenvalue weighted by Gasteiger charge is -2.26. The molecule has 0 spiro atoms. The fourth-order valence-corrected chi connectivity index (χ4v) is 3.44. The van der Waals surface area contributed by atoms with Gasteiger partial charge in [-0.2, -0.15) is 0 Å². The molecule has 7 nitrogen and oxygen atoms in total. The number of nitrogens with zero attached hydrogens (tertiary/aromatic N) is 1. The number of nitrogens with one attached hydrogen (secondary N) is 2. The van der Waals surface area contributed by atoms with Crippen LogP contribution in [0.2, 0.25) is 0 Å². The molecule has 1 atom stereocenters. The van der Waals surface area contributed by atoms with E-state index in [1.807, 2.05) is 24.3 Å². The maximum Gasteiger partial charge on any atom is 0.323 e. The molecule has 146 valence electrons. The molecule has 1 aliphatic rings. The summed E-state index contributed by atoms with van der Waals surface area (Å²) >= 11 is 0. The van der Waals surface area contributed by atoms with Gasteiger partial charge >= 0.3 is 11.8 Å². The molecule has 1 aliphatic carbocycles. The fraction of sp³-hybridized carbons (Fsp3) is 0.333. The van der Waals surface area contributed by atoms with Gasteiger partial charge in [-0.15, -0.1) is 0 Å². The van der Waals surface area contributed by atoms with E-state index in [1.165, 1.54) is 12.1 Å². The molecular weight excluding hydrogens is 358 g/mol. The Hall–Kier alpha value is -3.22. The summed E-state index contributed by atoms with van der Waals surface area (Å²) in [5.74, 6) is -2.15. The first-order chi connectivity index (χ1) is 13.4. The summed E-state index contributed by atoms with van der Waals surface area (Å²) in [5.41, 5.74) is 1.74. The third-order valence-corrected chi connectivity index (χ3v) is 4.94. The first-order valence-electron chi connectivity index (χ1n) is 9.38. The Morgan fingerprint density at radius 2 is 1.89 bits per heavy atom. The van der Waals surface area contributed by atoms with Crippen molar-refractivity contribution >= 4 is 23.4 Å². The van der Waals surface area contributed by atoms with Gasteiger partial charge in [-0.25, -0.2) is 4.57 Å². The van der Waals surface area contributed by atoms with Gasteiger partial charge in [-0.05, 0) is 49.4 Å². The highest BCUT2D eigenvalue weighted by Gasteiger charge is 2.26. The largest absolute Gasteiger partial charge is 0.341 e. The van der Waals surface area contributed by atoms with Gasteiger partial charge in [-0.1, -0.05) is 31.2 Å². The van der Waals surface area contributed by atoms with Crippen molar-refractivity contribution in [3.8, 4) is 0 Å². The van der Waals surface area contributed by atoms with Crippen LogP contribution in [0.1, 0.15) is 53.8 Å². The van der Waals surface area contributed by atoms with Crippen molar-refractivity contribution in [1.29, 1.82) is 0 Å². The smallest absolute Gasteiger partial charge is 0.323 e. The second kappa shape index (κ2) is 8.21. The summed E-state index contributed by atoms with van der Waals surface area (Å²) < 4.78 is 0.801. The number of amides is 2. The minimum atomic E-state index is -0.960. The molecule has 0 fully saturated rings. The summed E-state index contributed by atoms with van der Waals surface area (Å²) in [5, 5.41) is 5.22. The Bertz CT molecular complexity index is 993. The lowest BCUT2D eigenvalue weighted by molar-refractivity contribution is -0.118. The van der Waals surface area contributed by atoms with E-state index in [9.17, 15) is 19.2 Å². The molecule has 1 unspecified atom stereocenters. The second-order valence-electron chi connectivity index (χ2n) is 6.85. The number of carbonyl (C=O) groups excluding carboxylic acids is 3. The molecule has 3 rings (SSSR count). The summed E-state index contributed by atoms with van der Waals surface area (Å²) in [6, 6.07) is 10.5. The number of aryl methyl sites for hydroxylation is 2. The van der Waals surface area contributed by atoms with Crippen LogP contribution in [0, 0.1) is 6.92 Å². The normalized spacial score (nSPS) is 15.4. The fourth-order valence-electron chi connectivity index (χ4n) is 3.44. The molecular formula is C21H23N3O4. The average Bonchev–Trinajstić information content (AvgIpc) is 2.70. The lowest BCUT2D eigenvalue weighted by Crippen LogP contribution is -2.43. The first-order valence-corrected chi connectivity index (χ1v) is 9.38. The third kappa shape index (κ3) is 3.88. The molecule has 2 N–H and O–H groups in total. The van der Waals surface area contributed by atoms with Gasteiger partial charge in [0.1, 0.15) is 5.69 Å². The van der Waals surface area contributed by atoms with Gasteiger partial charge < -0.3 is 10.6 Å². The summed E-state index contributed by atoms with van der Waals surface area (Å²) in [7, 11) is 0. The zero-order chi connectivity index (χ0) is 20.3. The minimum absolute atomic E-state index is 0.0263. The minimum Gasteiger partial charge on any atom is -0.341 e. The number of anilines is 1. The standard InChI is InChI=1S/C21H23N3O4/c1-3-18(25)22-17-12-11-13(2)24(20(17)27)21(28)19(26)23-16-10-6-8-14-7-4-5-9-15(14)16/h4-5,7,9,11-12,16H,3,6,8,10H2,1-2H3,(H,22,25)(H,23,26). The molecule has 28 heavy (non-hydrogen) atoms. The molecule has 0 saturated carbocycles. The van der Waals surface area contributed by atoms with Crippen molar-refractivity contribution in [1.82, 2.24) is 9.88 Å². The summed E-state index contributed by atoms with van der Waals surface area (Å²) in [6.07, 6.45) is 2.78. The number of carbonyl (C=O) groups is 3. The second-order valence-corrected chi connectivity index (χ2v) is 6.85. The van der Waals surface area contributed by atoms with Crippen molar-refractivity contribution in [2.45, 2.75) is 45.6 Å². The zero-order valence-corrected chi connectivity index (χ0v) is 16.0. The van der Waals surface area contributed by atoms with E-state index < -0.39 is 17.4 Å². The van der Waals surface area contributed by atoms with Crippen LogP contribution in [0.3, 0.4) is 0 Å². The van der Waals surface area contributed by atoms with Gasteiger partial charge in [0, 0.05) is 12.1 Å². The van der Waals surface area contributed by atoms with Crippen LogP contribution < -0.4 is 16.2 Å². The van der Waals surface area contributed by atoms with Crippen molar-refractivity contribution in [3.63, 3.8) is 0 Å². The van der Waals surface area contributed by atoms with E-state index in [1.54, 1.807) is 13.8 Å². The van der Waals surface area contributed by atoms with E-state index in [0.29, 0.717) is 5.69 Å². The van der Waals surface area contributed by atoms with E-state index in [0.717, 1.165) is 35.0 Å². The first kappa shape index (κ1) is 19.5. The predicted octanol–water partition coefficient (Wildman–Crippen LogP) is 2.34. The van der Waals surface area contributed by atoms with Crippen LogP contribution in [-0.2, 0) is 16.0 Å². The van der Waals surface area contributed by atoms with E-state index in [2.05, 4.69) is 10.6 Å². The highest BCUT2D eigenvalue weighted by molar-refractivity contribution is 6.36. The van der Waals surface area contributed by atoms with Crippen LogP contribution in [0.4, 0.5) is 5.69 Å². The molecule has 0 saturated heterocycles. The Balaban J connectivity index is 1.85. The number of pyridine rings is 1. The summed E-state index contributed by atoms with van der Waals surface area (Å²) in [4.78, 5) is 49.5. The average molecular weight is 381 g/mol. The lowest BCUT2D eigenvalue weighted by atomic mass is 9.88. The SMILES string of the molecule is CCC(=O)Nc1ccc(C)n(C(=O)C(=O)NC2CCCc3ccccc32)c1=O. The Morgan fingerprint density at radius 1 is 1.14 bits per heavy atom. The number of fused-ring (bicyclic) bond motifs is 1. The quantitative estimate of drug-likeness (QED) is 0.798. The third-order valence-electron chi connectivity index (χ3n) is 4.94. The van der Waals surface area contributed by atoms with Crippen LogP contribution in [0.25, 0.3) is 0 Å². The van der Waals surface area contributed by atoms with Crippen LogP contribution in [0.15, 0.2) is 41.2 Å². The number of hydrogen-bond acceptors (Lipinski definition) is 4. The molecule has 2 amide bonds. The maximum absolute atomic E-state index is 12.7. The van der Waals surface area contributed by atoms with Gasteiger partial charge in [0.2, 0.25) is 5.91 Å². The number of benzene rings is 1. The number of hydrogen-bond donors (Lipinski definition) is 2. The molecule has 1 heterocycles. The number of rotatable bonds is 3.